The maximum absolute atomic E-state index is 14.1. The summed E-state index contributed by atoms with van der Waals surface area (Å²) in [5.74, 6) is 0.0395. The van der Waals surface area contributed by atoms with Crippen molar-refractivity contribution in [1.82, 2.24) is 25.0 Å². The number of rotatable bonds is 5. The number of nitrogens with one attached hydrogen (secondary N) is 2. The van der Waals surface area contributed by atoms with E-state index >= 15 is 0 Å². The van der Waals surface area contributed by atoms with Crippen LogP contribution in [0.5, 0.6) is 0 Å². The number of carbonyl (C=O) groups is 1. The summed E-state index contributed by atoms with van der Waals surface area (Å²) in [5, 5.41) is 15.2. The van der Waals surface area contributed by atoms with E-state index in [0.29, 0.717) is 17.1 Å². The van der Waals surface area contributed by atoms with E-state index in [1.807, 2.05) is 6.07 Å². The Kier molecular flexibility index (Phi) is 4.39. The van der Waals surface area contributed by atoms with Gasteiger partial charge >= 0.3 is 0 Å². The maximum atomic E-state index is 14.1. The van der Waals surface area contributed by atoms with Crippen LogP contribution in [0.1, 0.15) is 33.1 Å². The molecule has 1 saturated carbocycles. The number of hydrogen-bond donors (Lipinski definition) is 2. The zero-order valence-corrected chi connectivity index (χ0v) is 17.1. The van der Waals surface area contributed by atoms with Crippen molar-refractivity contribution >= 4 is 22.5 Å². The molecule has 1 amide bonds. The Morgan fingerprint density at radius 2 is 2.17 bits per heavy atom. The number of nitrogens with zero attached hydrogens (tertiary/aromatic N) is 4. The minimum atomic E-state index is -1.39. The van der Waals surface area contributed by atoms with Crippen molar-refractivity contribution in [3.05, 3.63) is 24.7 Å². The minimum Gasteiger partial charge on any atom is -0.381 e. The van der Waals surface area contributed by atoms with Crippen LogP contribution in [0.2, 0.25) is 0 Å². The normalized spacial score (nSPS) is 20.6. The molecule has 5 rings (SSSR count). The summed E-state index contributed by atoms with van der Waals surface area (Å²) >= 11 is 0. The highest BCUT2D eigenvalue weighted by molar-refractivity contribution is 5.98. The number of H-pyrrole nitrogens is 1. The van der Waals surface area contributed by atoms with Gasteiger partial charge in [-0.15, -0.1) is 0 Å². The van der Waals surface area contributed by atoms with Gasteiger partial charge in [0.2, 0.25) is 5.91 Å². The Morgan fingerprint density at radius 3 is 2.93 bits per heavy atom. The van der Waals surface area contributed by atoms with Crippen molar-refractivity contribution in [3.63, 3.8) is 0 Å². The second kappa shape index (κ2) is 6.87. The number of aromatic amines is 1. The van der Waals surface area contributed by atoms with Gasteiger partial charge < -0.3 is 10.1 Å². The molecule has 2 aliphatic rings. The highest BCUT2D eigenvalue weighted by atomic mass is 19.1. The third-order valence-corrected chi connectivity index (χ3v) is 6.20. The predicted molar refractivity (Wildman–Crippen MR) is 110 cm³/mol. The van der Waals surface area contributed by atoms with Crippen LogP contribution in [0, 0.1) is 11.3 Å². The monoisotopic (exact) mass is 412 g/mol. The van der Waals surface area contributed by atoms with Gasteiger partial charge in [-0.25, -0.2) is 4.39 Å². The molecule has 158 valence electrons. The van der Waals surface area contributed by atoms with Crippen LogP contribution in [0.4, 0.5) is 10.1 Å². The van der Waals surface area contributed by atoms with E-state index in [0.717, 1.165) is 43.4 Å². The lowest BCUT2D eigenvalue weighted by atomic mass is 9.93. The number of halogens is 1. The van der Waals surface area contributed by atoms with Gasteiger partial charge in [-0.3, -0.25) is 19.6 Å². The molecule has 1 saturated heterocycles. The molecule has 1 unspecified atom stereocenters. The zero-order chi connectivity index (χ0) is 20.9. The highest BCUT2D eigenvalue weighted by Crippen LogP contribution is 2.59. The Hall–Kier alpha value is -2.81. The first-order valence-electron chi connectivity index (χ1n) is 10.3. The maximum Gasteiger partial charge on any atom is 0.228 e. The molecular formula is C21H25FN6O2. The lowest BCUT2D eigenvalue weighted by molar-refractivity contribution is -0.118. The largest absolute Gasteiger partial charge is 0.381 e. The van der Waals surface area contributed by atoms with Crippen molar-refractivity contribution in [2.24, 2.45) is 11.3 Å². The first kappa shape index (κ1) is 19.2. The molecule has 2 fully saturated rings. The topological polar surface area (TPSA) is 97.7 Å². The number of aromatic nitrogens is 5. The fraction of sp³-hybridized carbons (Fsp3) is 0.524. The molecule has 1 atom stereocenters. The second-order valence-electron chi connectivity index (χ2n) is 9.03. The quantitative estimate of drug-likeness (QED) is 0.670. The van der Waals surface area contributed by atoms with Gasteiger partial charge in [-0.1, -0.05) is 0 Å². The number of carbonyl (C=O) groups excluding carboxylic acids is 1. The lowest BCUT2D eigenvalue weighted by Crippen LogP contribution is -2.24. The molecule has 4 heterocycles. The van der Waals surface area contributed by atoms with Crippen molar-refractivity contribution in [3.8, 4) is 11.4 Å². The summed E-state index contributed by atoms with van der Waals surface area (Å²) in [6, 6.07) is 1.84. The SMILES string of the molecule is CC(C)(F)Cn1ncc2cnc(-c3[nH]ncc3NC(=O)C3CC34CCOCC4)cc21. The molecular weight excluding hydrogens is 387 g/mol. The second-order valence-corrected chi connectivity index (χ2v) is 9.03. The number of anilines is 1. The summed E-state index contributed by atoms with van der Waals surface area (Å²) in [4.78, 5) is 17.3. The Bertz CT molecular complexity index is 1090. The van der Waals surface area contributed by atoms with Gasteiger partial charge in [-0.05, 0) is 44.6 Å². The number of alkyl halides is 1. The zero-order valence-electron chi connectivity index (χ0n) is 17.1. The van der Waals surface area contributed by atoms with Crippen LogP contribution in [0.15, 0.2) is 24.7 Å². The number of hydrogen-bond acceptors (Lipinski definition) is 5. The fourth-order valence-electron chi connectivity index (χ4n) is 4.44. The summed E-state index contributed by atoms with van der Waals surface area (Å²) in [7, 11) is 0. The molecule has 3 aromatic heterocycles. The molecule has 0 radical (unpaired) electrons. The van der Waals surface area contributed by atoms with Gasteiger partial charge in [0.15, 0.2) is 0 Å². The van der Waals surface area contributed by atoms with Gasteiger partial charge in [0, 0.05) is 30.7 Å². The minimum absolute atomic E-state index is 0.0184. The molecule has 3 aromatic rings. The fourth-order valence-corrected chi connectivity index (χ4v) is 4.44. The Balaban J connectivity index is 1.38. The van der Waals surface area contributed by atoms with Crippen molar-refractivity contribution in [2.75, 3.05) is 18.5 Å². The Labute approximate surface area is 173 Å². The molecule has 30 heavy (non-hydrogen) atoms. The first-order valence-corrected chi connectivity index (χ1v) is 10.3. The van der Waals surface area contributed by atoms with Crippen LogP contribution >= 0.6 is 0 Å². The third kappa shape index (κ3) is 3.47. The van der Waals surface area contributed by atoms with Crippen molar-refractivity contribution in [2.45, 2.75) is 45.3 Å². The van der Waals surface area contributed by atoms with Crippen LogP contribution in [-0.4, -0.2) is 49.8 Å². The molecule has 1 aliphatic heterocycles. The molecule has 0 aromatic carbocycles. The standard InChI is InChI=1S/C21H25FN6O2/c1-20(2,22)12-28-17-7-15(23-9-13(17)10-25-28)18-16(11-24-27-18)26-19(29)14-8-21(14)3-5-30-6-4-21/h7,9-11,14H,3-6,8,12H2,1-2H3,(H,24,27)(H,26,29). The smallest absolute Gasteiger partial charge is 0.228 e. The van der Waals surface area contributed by atoms with E-state index in [2.05, 4.69) is 25.6 Å². The van der Waals surface area contributed by atoms with Crippen LogP contribution in [0.3, 0.4) is 0 Å². The average molecular weight is 412 g/mol. The van der Waals surface area contributed by atoms with E-state index in [1.165, 1.54) is 13.8 Å². The number of fused-ring (bicyclic) bond motifs is 1. The average Bonchev–Trinajstić information content (AvgIpc) is 3.02. The molecule has 9 heteroatoms. The number of ether oxygens (including phenoxy) is 1. The van der Waals surface area contributed by atoms with E-state index in [4.69, 9.17) is 4.74 Å². The molecule has 0 bridgehead atoms. The van der Waals surface area contributed by atoms with E-state index < -0.39 is 5.67 Å². The van der Waals surface area contributed by atoms with Gasteiger partial charge in [-0.2, -0.15) is 10.2 Å². The number of amides is 1. The molecule has 8 nitrogen and oxygen atoms in total. The van der Waals surface area contributed by atoms with Gasteiger partial charge in [0.1, 0.15) is 11.4 Å². The molecule has 2 N–H and O–H groups in total. The van der Waals surface area contributed by atoms with Crippen molar-refractivity contribution < 1.29 is 13.9 Å². The van der Waals surface area contributed by atoms with Crippen LogP contribution in [-0.2, 0) is 16.1 Å². The van der Waals surface area contributed by atoms with E-state index in [1.54, 1.807) is 23.3 Å². The van der Waals surface area contributed by atoms with Gasteiger partial charge in [0.25, 0.3) is 0 Å². The van der Waals surface area contributed by atoms with E-state index in [9.17, 15) is 9.18 Å². The van der Waals surface area contributed by atoms with E-state index in [-0.39, 0.29) is 23.8 Å². The third-order valence-electron chi connectivity index (χ3n) is 6.20. The van der Waals surface area contributed by atoms with Crippen molar-refractivity contribution in [1.29, 1.82) is 0 Å². The van der Waals surface area contributed by atoms with Gasteiger partial charge in [0.05, 0.1) is 35.8 Å². The summed E-state index contributed by atoms with van der Waals surface area (Å²) < 4.78 is 21.2. The highest BCUT2D eigenvalue weighted by Gasteiger charge is 2.58. The first-order chi connectivity index (χ1) is 14.3. The summed E-state index contributed by atoms with van der Waals surface area (Å²) in [6.07, 6.45) is 7.77. The summed E-state index contributed by atoms with van der Waals surface area (Å²) in [5.41, 5.74) is 1.33. The lowest BCUT2D eigenvalue weighted by Gasteiger charge is -2.22. The van der Waals surface area contributed by atoms with Crippen LogP contribution in [0.25, 0.3) is 22.3 Å². The summed E-state index contributed by atoms with van der Waals surface area (Å²) in [6.45, 7) is 4.64. The number of pyridine rings is 1. The molecule has 1 spiro atoms. The predicted octanol–water partition coefficient (Wildman–Crippen LogP) is 3.32. The Morgan fingerprint density at radius 1 is 1.37 bits per heavy atom. The molecule has 1 aliphatic carbocycles. The van der Waals surface area contributed by atoms with Crippen LogP contribution < -0.4 is 5.32 Å².